The fourth-order valence-corrected chi connectivity index (χ4v) is 14.7. The molecule has 18 nitrogen and oxygen atoms in total. The highest BCUT2D eigenvalue weighted by molar-refractivity contribution is 5.21. The van der Waals surface area contributed by atoms with Crippen LogP contribution < -0.4 is 0 Å². The van der Waals surface area contributed by atoms with Gasteiger partial charge in [-0.2, -0.15) is 0 Å². The molecular formula is C47H80O18. The summed E-state index contributed by atoms with van der Waals surface area (Å²) in [6.07, 6.45) is -16.4. The third-order valence-corrected chi connectivity index (χ3v) is 18.3. The Labute approximate surface area is 382 Å². The molecule has 25 atom stereocenters. The van der Waals surface area contributed by atoms with Crippen LogP contribution in [-0.4, -0.2) is 191 Å². The van der Waals surface area contributed by atoms with Gasteiger partial charge in [-0.25, -0.2) is 0 Å². The Bertz CT molecular complexity index is 1660. The molecule has 0 aromatic heterocycles. The number of allylic oxidation sites excluding steroid dienone is 2. The minimum absolute atomic E-state index is 0.00169. The SMILES string of the molecule is CC(C)=CCC[C@](C)(O[C@@H]1O[C@H](CO[C@@H]2OC[C@@H](O)[C@H](O)[C@H]2O)[C@@H](O)[C@H](O)[C@H]1O)[C@H]1CC[C@]2(C)[C@@H]1[C@H](O)CC1[C@@]3(C)C[C@@H](O)[C@H](O[C@@H]4O[C@H](CO)[C@@H](O)[C@H](O)[C@H]4O)C(C)(C)C3CC[C@]12C. The summed E-state index contributed by atoms with van der Waals surface area (Å²) in [6, 6.07) is 0. The minimum atomic E-state index is -1.70. The van der Waals surface area contributed by atoms with E-state index in [0.717, 1.165) is 24.8 Å². The van der Waals surface area contributed by atoms with Gasteiger partial charge in [-0.05, 0) is 117 Å². The third-order valence-electron chi connectivity index (χ3n) is 18.3. The summed E-state index contributed by atoms with van der Waals surface area (Å²) in [5.74, 6) is -0.525. The lowest BCUT2D eigenvalue weighted by atomic mass is 9.35. The zero-order valence-electron chi connectivity index (χ0n) is 39.3. The summed E-state index contributed by atoms with van der Waals surface area (Å²) in [7, 11) is 0. The maximum Gasteiger partial charge on any atom is 0.187 e. The second-order valence-corrected chi connectivity index (χ2v) is 22.7. The molecule has 2 unspecified atom stereocenters. The maximum absolute atomic E-state index is 12.7. The number of ether oxygens (including phenoxy) is 6. The van der Waals surface area contributed by atoms with Crippen LogP contribution in [-0.2, 0) is 28.4 Å². The molecule has 0 aromatic carbocycles. The van der Waals surface area contributed by atoms with E-state index in [-0.39, 0.29) is 35.7 Å². The Hall–Kier alpha value is -0.980. The lowest BCUT2D eigenvalue weighted by molar-refractivity contribution is -0.348. The predicted molar refractivity (Wildman–Crippen MR) is 229 cm³/mol. The van der Waals surface area contributed by atoms with E-state index in [1.807, 2.05) is 34.6 Å². The summed E-state index contributed by atoms with van der Waals surface area (Å²) < 4.78 is 36.2. The van der Waals surface area contributed by atoms with Gasteiger partial charge in [-0.15, -0.1) is 0 Å². The van der Waals surface area contributed by atoms with Crippen molar-refractivity contribution in [2.45, 2.75) is 217 Å². The predicted octanol–water partition coefficient (Wildman–Crippen LogP) is -0.417. The molecule has 376 valence electrons. The number of rotatable bonds is 12. The standard InChI is InChI=1S/C47H80O18/c1-21(2)10-9-13-47(8,65-42-38(59)35(56)33(54)27(63-42)20-61-40-36(57)31(52)25(51)19-60-40)22-11-14-46(7)30(22)23(49)16-29-44(5)17-24(50)39(43(3,4)28(44)12-15-45(29,46)6)64-41-37(58)34(55)32(53)26(18-48)62-41/h10,22-42,48-59H,9,11-20H2,1-8H3/t22-,23+,24+,25+,26+,27+,28?,29?,30-,31-,32+,33+,34-,35-,36+,37+,38+,39-,40-,41-,42-,44-,45+,46+,47-/m0/s1. The van der Waals surface area contributed by atoms with E-state index in [0.29, 0.717) is 32.1 Å². The number of hydrogen-bond acceptors (Lipinski definition) is 18. The topological polar surface area (TPSA) is 298 Å². The van der Waals surface area contributed by atoms with E-state index >= 15 is 0 Å². The number of aliphatic hydroxyl groups excluding tert-OH is 12. The van der Waals surface area contributed by atoms with Gasteiger partial charge in [0.05, 0.1) is 43.7 Å². The van der Waals surface area contributed by atoms with Crippen LogP contribution in [0.15, 0.2) is 11.6 Å². The van der Waals surface area contributed by atoms with Gasteiger partial charge in [0.1, 0.15) is 67.1 Å². The molecule has 12 N–H and O–H groups in total. The average molecular weight is 933 g/mol. The molecule has 3 aliphatic heterocycles. The quantitative estimate of drug-likeness (QED) is 0.0874. The van der Waals surface area contributed by atoms with Crippen molar-refractivity contribution in [2.75, 3.05) is 19.8 Å². The Balaban J connectivity index is 1.12. The Morgan fingerprint density at radius 2 is 1.28 bits per heavy atom. The van der Waals surface area contributed by atoms with Gasteiger partial charge in [-0.1, -0.05) is 46.3 Å². The lowest BCUT2D eigenvalue weighted by Gasteiger charge is -2.71. The van der Waals surface area contributed by atoms with E-state index in [9.17, 15) is 61.3 Å². The molecule has 7 fully saturated rings. The molecule has 7 rings (SSSR count). The number of aliphatic hydroxyl groups is 12. The first-order valence-corrected chi connectivity index (χ1v) is 23.9. The molecule has 3 saturated heterocycles. The Morgan fingerprint density at radius 1 is 0.677 bits per heavy atom. The highest BCUT2D eigenvalue weighted by Crippen LogP contribution is 2.76. The smallest absolute Gasteiger partial charge is 0.187 e. The molecule has 0 radical (unpaired) electrons. The van der Waals surface area contributed by atoms with Gasteiger partial charge in [0.2, 0.25) is 0 Å². The van der Waals surface area contributed by atoms with Crippen LogP contribution in [0, 0.1) is 45.3 Å². The number of hydrogen-bond donors (Lipinski definition) is 12. The van der Waals surface area contributed by atoms with Gasteiger partial charge in [-0.3, -0.25) is 0 Å². The molecule has 0 bridgehead atoms. The van der Waals surface area contributed by atoms with E-state index in [4.69, 9.17) is 28.4 Å². The molecule has 4 saturated carbocycles. The average Bonchev–Trinajstić information content (AvgIpc) is 3.62. The zero-order valence-corrected chi connectivity index (χ0v) is 39.3. The Kier molecular flexibility index (Phi) is 15.1. The van der Waals surface area contributed by atoms with Crippen molar-refractivity contribution < 1.29 is 89.7 Å². The molecule has 0 amide bonds. The molecule has 7 aliphatic rings. The van der Waals surface area contributed by atoms with E-state index in [2.05, 4.69) is 26.8 Å². The fourth-order valence-electron chi connectivity index (χ4n) is 14.7. The highest BCUT2D eigenvalue weighted by atomic mass is 16.7. The van der Waals surface area contributed by atoms with Gasteiger partial charge in [0.15, 0.2) is 18.9 Å². The second-order valence-electron chi connectivity index (χ2n) is 22.7. The monoisotopic (exact) mass is 933 g/mol. The summed E-state index contributed by atoms with van der Waals surface area (Å²) >= 11 is 0. The van der Waals surface area contributed by atoms with Crippen LogP contribution in [0.1, 0.15) is 107 Å². The van der Waals surface area contributed by atoms with Crippen LogP contribution in [0.2, 0.25) is 0 Å². The third kappa shape index (κ3) is 8.83. The summed E-state index contributed by atoms with van der Waals surface area (Å²) in [5, 5.41) is 130. The maximum atomic E-state index is 12.7. The molecule has 0 spiro atoms. The molecule has 3 heterocycles. The van der Waals surface area contributed by atoms with Crippen molar-refractivity contribution >= 4 is 0 Å². The van der Waals surface area contributed by atoms with Gasteiger partial charge < -0.3 is 89.7 Å². The van der Waals surface area contributed by atoms with Crippen LogP contribution in [0.25, 0.3) is 0 Å². The zero-order chi connectivity index (χ0) is 47.9. The van der Waals surface area contributed by atoms with Crippen molar-refractivity contribution in [3.63, 3.8) is 0 Å². The molecule has 0 aromatic rings. The van der Waals surface area contributed by atoms with Crippen molar-refractivity contribution in [1.29, 1.82) is 0 Å². The van der Waals surface area contributed by atoms with Crippen LogP contribution in [0.3, 0.4) is 0 Å². The van der Waals surface area contributed by atoms with Gasteiger partial charge >= 0.3 is 0 Å². The summed E-state index contributed by atoms with van der Waals surface area (Å²) in [6.45, 7) is 15.6. The van der Waals surface area contributed by atoms with Gasteiger partial charge in [0.25, 0.3) is 0 Å². The van der Waals surface area contributed by atoms with Crippen molar-refractivity contribution in [2.24, 2.45) is 45.3 Å². The van der Waals surface area contributed by atoms with Gasteiger partial charge in [0, 0.05) is 0 Å². The highest BCUT2D eigenvalue weighted by Gasteiger charge is 2.73. The Morgan fingerprint density at radius 3 is 1.92 bits per heavy atom. The fraction of sp³-hybridized carbons (Fsp3) is 0.957. The molecule has 18 heteroatoms. The van der Waals surface area contributed by atoms with Crippen molar-refractivity contribution in [3.05, 3.63) is 11.6 Å². The largest absolute Gasteiger partial charge is 0.394 e. The van der Waals surface area contributed by atoms with Crippen LogP contribution in [0.5, 0.6) is 0 Å². The van der Waals surface area contributed by atoms with Crippen LogP contribution >= 0.6 is 0 Å². The molecule has 65 heavy (non-hydrogen) atoms. The van der Waals surface area contributed by atoms with E-state index in [1.165, 1.54) is 0 Å². The van der Waals surface area contributed by atoms with Crippen LogP contribution in [0.4, 0.5) is 0 Å². The van der Waals surface area contributed by atoms with E-state index < -0.39 is 139 Å². The van der Waals surface area contributed by atoms with Crippen molar-refractivity contribution in [3.8, 4) is 0 Å². The van der Waals surface area contributed by atoms with Crippen molar-refractivity contribution in [1.82, 2.24) is 0 Å². The molecular weight excluding hydrogens is 852 g/mol. The lowest BCUT2D eigenvalue weighted by Crippen LogP contribution is -2.69. The van der Waals surface area contributed by atoms with E-state index in [1.54, 1.807) is 0 Å². The minimum Gasteiger partial charge on any atom is -0.394 e. The second kappa shape index (κ2) is 19.0. The first-order chi connectivity index (χ1) is 30.3. The number of fused-ring (bicyclic) bond motifs is 5. The molecule has 4 aliphatic carbocycles. The first kappa shape index (κ1) is 51.9. The summed E-state index contributed by atoms with van der Waals surface area (Å²) in [4.78, 5) is 0. The summed E-state index contributed by atoms with van der Waals surface area (Å²) in [5.41, 5.74) is -1.79. The normalized spacial score (nSPS) is 53.0. The first-order valence-electron chi connectivity index (χ1n) is 23.9.